The molecule has 0 aromatic heterocycles. The van der Waals surface area contributed by atoms with Gasteiger partial charge in [-0.3, -0.25) is 4.18 Å². The fourth-order valence-corrected chi connectivity index (χ4v) is 4.76. The van der Waals surface area contributed by atoms with Crippen molar-refractivity contribution >= 4 is 10.1 Å². The number of hydrogen-bond donors (Lipinski definition) is 0. The number of ether oxygens (including phenoxy) is 1. The topological polar surface area (TPSA) is 52.6 Å². The Bertz CT molecular complexity index is 691. The van der Waals surface area contributed by atoms with Gasteiger partial charge in [-0.15, -0.1) is 0 Å². The van der Waals surface area contributed by atoms with Crippen LogP contribution in [0.5, 0.6) is 0 Å². The molecular weight excluding hydrogens is 436 g/mol. The first-order valence-corrected chi connectivity index (χ1v) is 12.8. The van der Waals surface area contributed by atoms with Crippen molar-refractivity contribution in [1.82, 2.24) is 0 Å². The Labute approximate surface area is 183 Å². The zero-order chi connectivity index (χ0) is 22.9. The van der Waals surface area contributed by atoms with E-state index in [4.69, 9.17) is 4.74 Å². The van der Waals surface area contributed by atoms with Gasteiger partial charge in [0, 0.05) is 18.4 Å². The Morgan fingerprint density at radius 2 is 1.52 bits per heavy atom. The maximum absolute atomic E-state index is 14.2. The second-order valence-electron chi connectivity index (χ2n) is 8.61. The number of unbranched alkanes of at least 4 members (excludes halogenated alkanes) is 4. The quantitative estimate of drug-likeness (QED) is 0.138. The lowest BCUT2D eigenvalue weighted by Crippen LogP contribution is -2.38. The summed E-state index contributed by atoms with van der Waals surface area (Å²) in [5, 5.41) is 0. The molecule has 3 atom stereocenters. The summed E-state index contributed by atoms with van der Waals surface area (Å²) in [6, 6.07) is 0. The monoisotopic (exact) mass is 470 g/mol. The van der Waals surface area contributed by atoms with E-state index in [2.05, 4.69) is 22.9 Å². The zero-order valence-electron chi connectivity index (χ0n) is 18.1. The Morgan fingerprint density at radius 1 is 0.903 bits per heavy atom. The highest BCUT2D eigenvalue weighted by Crippen LogP contribution is 2.34. The molecule has 3 unspecified atom stereocenters. The predicted octanol–water partition coefficient (Wildman–Crippen LogP) is 5.91. The number of halogens is 4. The molecule has 31 heavy (non-hydrogen) atoms. The summed E-state index contributed by atoms with van der Waals surface area (Å²) in [6.07, 6.45) is 6.83. The molecule has 0 saturated heterocycles. The molecule has 4 nitrogen and oxygen atoms in total. The molecule has 0 aliphatic heterocycles. The van der Waals surface area contributed by atoms with Crippen molar-refractivity contribution in [3.8, 4) is 11.8 Å². The predicted molar refractivity (Wildman–Crippen MR) is 110 cm³/mol. The fourth-order valence-electron chi connectivity index (χ4n) is 4.11. The van der Waals surface area contributed by atoms with Gasteiger partial charge in [-0.1, -0.05) is 44.4 Å². The Hall–Kier alpha value is -0.850. The van der Waals surface area contributed by atoms with Gasteiger partial charge in [-0.2, -0.15) is 21.6 Å². The smallest absolute Gasteiger partial charge is 0.378 e. The highest BCUT2D eigenvalue weighted by molar-refractivity contribution is 7.87. The number of rotatable bonds is 9. The minimum Gasteiger partial charge on any atom is -0.378 e. The molecule has 2 fully saturated rings. The first-order chi connectivity index (χ1) is 14.6. The van der Waals surface area contributed by atoms with E-state index in [1.54, 1.807) is 0 Å². The van der Waals surface area contributed by atoms with Crippen molar-refractivity contribution in [1.29, 1.82) is 0 Å². The first-order valence-electron chi connectivity index (χ1n) is 11.4. The van der Waals surface area contributed by atoms with Crippen LogP contribution < -0.4 is 0 Å². The summed E-state index contributed by atoms with van der Waals surface area (Å²) in [5.41, 5.74) is -5.54. The normalized spacial score (nSPS) is 29.9. The van der Waals surface area contributed by atoms with Crippen LogP contribution in [0.15, 0.2) is 0 Å². The maximum atomic E-state index is 14.2. The lowest BCUT2D eigenvalue weighted by atomic mass is 9.84. The van der Waals surface area contributed by atoms with E-state index in [1.165, 1.54) is 25.7 Å². The average Bonchev–Trinajstić information content (AvgIpc) is 2.71. The highest BCUT2D eigenvalue weighted by atomic mass is 32.2. The molecule has 0 spiro atoms. The SMILES string of the molecule is CCCCCCCOC1CCC(C#CC2CCC(OS(=O)(=O)C(F)(F)F)C(F)C2)CC1. The van der Waals surface area contributed by atoms with Crippen molar-refractivity contribution in [2.24, 2.45) is 11.8 Å². The molecule has 2 aliphatic carbocycles. The van der Waals surface area contributed by atoms with E-state index in [-0.39, 0.29) is 30.8 Å². The van der Waals surface area contributed by atoms with Gasteiger partial charge in [0.1, 0.15) is 12.3 Å². The molecule has 2 rings (SSSR count). The van der Waals surface area contributed by atoms with Crippen molar-refractivity contribution in [2.45, 2.75) is 108 Å². The van der Waals surface area contributed by atoms with Crippen LogP contribution in [0.1, 0.15) is 84.0 Å². The lowest BCUT2D eigenvalue weighted by Gasteiger charge is -2.29. The van der Waals surface area contributed by atoms with E-state index in [0.29, 0.717) is 6.42 Å². The first kappa shape index (κ1) is 26.4. The summed E-state index contributed by atoms with van der Waals surface area (Å²) < 4.78 is 83.6. The van der Waals surface area contributed by atoms with Crippen molar-refractivity contribution in [3.05, 3.63) is 0 Å². The van der Waals surface area contributed by atoms with Gasteiger partial charge < -0.3 is 4.74 Å². The van der Waals surface area contributed by atoms with E-state index < -0.39 is 27.9 Å². The van der Waals surface area contributed by atoms with Crippen molar-refractivity contribution < 1.29 is 34.9 Å². The average molecular weight is 471 g/mol. The van der Waals surface area contributed by atoms with E-state index in [1.807, 2.05) is 0 Å². The lowest BCUT2D eigenvalue weighted by molar-refractivity contribution is -0.0628. The van der Waals surface area contributed by atoms with Crippen LogP contribution in [0, 0.1) is 23.7 Å². The Kier molecular flexibility index (Phi) is 10.6. The second-order valence-corrected chi connectivity index (χ2v) is 10.2. The summed E-state index contributed by atoms with van der Waals surface area (Å²) in [5.74, 6) is 6.20. The molecule has 0 radical (unpaired) electrons. The van der Waals surface area contributed by atoms with Crippen LogP contribution in [0.3, 0.4) is 0 Å². The standard InChI is InChI=1S/C22H34F4O4S/c1-2-3-4-5-6-15-29-19-12-9-17(10-13-19)7-8-18-11-14-21(20(23)16-18)30-31(27,28)22(24,25)26/h17-21H,2-6,9-16H2,1H3. The summed E-state index contributed by atoms with van der Waals surface area (Å²) in [7, 11) is -5.78. The van der Waals surface area contributed by atoms with Crippen LogP contribution in [-0.4, -0.2) is 38.9 Å². The third kappa shape index (κ3) is 8.89. The second kappa shape index (κ2) is 12.4. The maximum Gasteiger partial charge on any atom is 0.523 e. The van der Waals surface area contributed by atoms with E-state index >= 15 is 0 Å². The van der Waals surface area contributed by atoms with Gasteiger partial charge in [0.05, 0.1) is 6.10 Å². The van der Waals surface area contributed by atoms with E-state index in [0.717, 1.165) is 38.7 Å². The van der Waals surface area contributed by atoms with Crippen molar-refractivity contribution in [3.63, 3.8) is 0 Å². The number of hydrogen-bond acceptors (Lipinski definition) is 4. The van der Waals surface area contributed by atoms with Gasteiger partial charge in [-0.25, -0.2) is 4.39 Å². The number of alkyl halides is 4. The van der Waals surface area contributed by atoms with Crippen LogP contribution >= 0.6 is 0 Å². The molecule has 0 aromatic rings. The van der Waals surface area contributed by atoms with Gasteiger partial charge in [0.2, 0.25) is 0 Å². The molecule has 9 heteroatoms. The largest absolute Gasteiger partial charge is 0.523 e. The van der Waals surface area contributed by atoms with E-state index in [9.17, 15) is 26.0 Å². The molecule has 0 amide bonds. The molecule has 0 heterocycles. The van der Waals surface area contributed by atoms with Crippen LogP contribution in [-0.2, 0) is 19.0 Å². The van der Waals surface area contributed by atoms with Gasteiger partial charge in [0.25, 0.3) is 0 Å². The van der Waals surface area contributed by atoms with Crippen LogP contribution in [0.4, 0.5) is 17.6 Å². The molecule has 180 valence electrons. The summed E-state index contributed by atoms with van der Waals surface area (Å²) >= 11 is 0. The minimum absolute atomic E-state index is 0.103. The van der Waals surface area contributed by atoms with Crippen molar-refractivity contribution in [2.75, 3.05) is 6.61 Å². The molecule has 0 N–H and O–H groups in total. The van der Waals surface area contributed by atoms with Crippen LogP contribution in [0.2, 0.25) is 0 Å². The Morgan fingerprint density at radius 3 is 2.13 bits per heavy atom. The molecule has 0 aromatic carbocycles. The highest BCUT2D eigenvalue weighted by Gasteiger charge is 2.50. The third-order valence-corrected chi connectivity index (χ3v) is 7.08. The molecular formula is C22H34F4O4S. The Balaban J connectivity index is 1.68. The fraction of sp³-hybridized carbons (Fsp3) is 0.909. The third-order valence-electron chi connectivity index (χ3n) is 6.01. The minimum atomic E-state index is -5.78. The molecule has 2 saturated carbocycles. The summed E-state index contributed by atoms with van der Waals surface area (Å²) in [4.78, 5) is 0. The van der Waals surface area contributed by atoms with Gasteiger partial charge in [-0.05, 0) is 51.4 Å². The zero-order valence-corrected chi connectivity index (χ0v) is 18.9. The summed E-state index contributed by atoms with van der Waals surface area (Å²) in [6.45, 7) is 3.00. The van der Waals surface area contributed by atoms with Gasteiger partial charge >= 0.3 is 15.6 Å². The molecule has 2 aliphatic rings. The van der Waals surface area contributed by atoms with Crippen LogP contribution in [0.25, 0.3) is 0 Å². The van der Waals surface area contributed by atoms with Gasteiger partial charge in [0.15, 0.2) is 0 Å². The molecule has 0 bridgehead atoms.